The number of nitrogens with one attached hydrogen (secondary N) is 1. The number of hydrogen-bond acceptors (Lipinski definition) is 13. The van der Waals surface area contributed by atoms with Crippen LogP contribution >= 0.6 is 0 Å². The predicted molar refractivity (Wildman–Crippen MR) is 184 cm³/mol. The van der Waals surface area contributed by atoms with Crippen LogP contribution in [0.25, 0.3) is 5.53 Å². The fraction of sp³-hybridized carbons (Fsp3) is 0.265. The maximum absolute atomic E-state index is 13.7. The second kappa shape index (κ2) is 17.2. The van der Waals surface area contributed by atoms with E-state index < -0.39 is 78.5 Å². The number of non-ortho nitro benzene ring substituents is 2. The van der Waals surface area contributed by atoms with Gasteiger partial charge in [-0.3, -0.25) is 34.7 Å². The third-order valence-electron chi connectivity index (χ3n) is 8.12. The smallest absolute Gasteiger partial charge is 0.482 e. The molecule has 20 heteroatoms. The molecule has 1 N–H and O–H groups in total. The molecule has 2 unspecified atom stereocenters. The molecule has 0 aliphatic carbocycles. The molecule has 2 aliphatic heterocycles. The molecule has 1 saturated heterocycles. The Balaban J connectivity index is 1.28. The minimum atomic E-state index is -2.35. The van der Waals surface area contributed by atoms with Gasteiger partial charge >= 0.3 is 17.2 Å². The Kier molecular flexibility index (Phi) is 12.2. The molecule has 0 spiro atoms. The fourth-order valence-corrected chi connectivity index (χ4v) is 7.09. The van der Waals surface area contributed by atoms with E-state index in [0.717, 1.165) is 4.90 Å². The van der Waals surface area contributed by atoms with Crippen LogP contribution in [0.3, 0.4) is 0 Å². The Hall–Kier alpha value is -6.79. The van der Waals surface area contributed by atoms with E-state index in [-0.39, 0.29) is 44.2 Å². The second-order valence-corrected chi connectivity index (χ2v) is 13.1. The van der Waals surface area contributed by atoms with Gasteiger partial charge in [0.05, 0.1) is 22.8 Å². The van der Waals surface area contributed by atoms with Gasteiger partial charge in [0.15, 0.2) is 16.5 Å². The number of rotatable bonds is 15. The van der Waals surface area contributed by atoms with E-state index in [9.17, 15) is 49.1 Å². The van der Waals surface area contributed by atoms with Gasteiger partial charge in [-0.25, -0.2) is 13.8 Å². The highest BCUT2D eigenvalue weighted by Crippen LogP contribution is 2.42. The molecule has 2 amide bonds. The van der Waals surface area contributed by atoms with Gasteiger partial charge < -0.3 is 29.8 Å². The normalized spacial score (nSPS) is 17.9. The highest BCUT2D eigenvalue weighted by molar-refractivity contribution is 8.01. The van der Waals surface area contributed by atoms with E-state index in [1.807, 2.05) is 0 Å². The summed E-state index contributed by atoms with van der Waals surface area (Å²) >= 11 is 0. The number of carbonyl (C=O) groups is 4. The lowest BCUT2D eigenvalue weighted by molar-refractivity contribution is -0.385. The van der Waals surface area contributed by atoms with Crippen LogP contribution in [0, 0.1) is 26.1 Å². The van der Waals surface area contributed by atoms with Gasteiger partial charge in [0.1, 0.15) is 37.2 Å². The molecule has 19 nitrogen and oxygen atoms in total. The van der Waals surface area contributed by atoms with E-state index in [1.165, 1.54) is 55.5 Å². The van der Waals surface area contributed by atoms with Crippen LogP contribution in [-0.4, -0.2) is 77.4 Å². The fourth-order valence-electron chi connectivity index (χ4n) is 5.44. The van der Waals surface area contributed by atoms with Crippen molar-refractivity contribution in [2.75, 3.05) is 13.2 Å². The number of β-lactam (4-membered cyclic amide) rings is 1. The summed E-state index contributed by atoms with van der Waals surface area (Å²) in [6, 6.07) is 19.1. The third kappa shape index (κ3) is 8.80. The monoisotopic (exact) mass is 762 g/mol. The van der Waals surface area contributed by atoms with E-state index in [1.54, 1.807) is 30.3 Å². The average molecular weight is 763 g/mol. The molecule has 0 saturated carbocycles. The van der Waals surface area contributed by atoms with Crippen molar-refractivity contribution in [1.29, 1.82) is 0 Å². The molecule has 0 radical (unpaired) electrons. The molecule has 2 aliphatic rings. The first-order chi connectivity index (χ1) is 25.9. The number of hydrogen-bond donors (Lipinski definition) is 1. The van der Waals surface area contributed by atoms with E-state index in [4.69, 9.17) is 18.9 Å². The molecule has 3 aromatic rings. The van der Waals surface area contributed by atoms with Crippen molar-refractivity contribution in [3.05, 3.63) is 133 Å². The van der Waals surface area contributed by atoms with Gasteiger partial charge in [-0.2, -0.15) is 4.79 Å². The largest absolute Gasteiger partial charge is 0.508 e. The van der Waals surface area contributed by atoms with Gasteiger partial charge in [0, 0.05) is 24.3 Å². The Labute approximate surface area is 307 Å². The van der Waals surface area contributed by atoms with Crippen LogP contribution in [0.4, 0.5) is 16.2 Å². The Morgan fingerprint density at radius 3 is 2.07 bits per heavy atom. The molecule has 1 fully saturated rings. The maximum atomic E-state index is 13.7. The summed E-state index contributed by atoms with van der Waals surface area (Å²) in [5.41, 5.74) is 10.6. The lowest BCUT2D eigenvalue weighted by Gasteiger charge is -2.48. The van der Waals surface area contributed by atoms with Crippen LogP contribution in [0.5, 0.6) is 0 Å². The van der Waals surface area contributed by atoms with Crippen molar-refractivity contribution >= 4 is 51.2 Å². The van der Waals surface area contributed by atoms with Gasteiger partial charge in [-0.15, -0.1) is 0 Å². The molecular weight excluding hydrogens is 732 g/mol. The number of carbonyl (C=O) groups excluding carboxylic acids is 4. The van der Waals surface area contributed by atoms with Crippen molar-refractivity contribution < 1.29 is 57.0 Å². The molecule has 3 aromatic carbocycles. The Morgan fingerprint density at radius 1 is 0.907 bits per heavy atom. The zero-order valence-corrected chi connectivity index (χ0v) is 29.0. The SMILES string of the molecule is CC(OC(=O)OCc1ccc([N+](=O)[O-])cc1)[C@H]1C(=O)N2C(C(=O)OCc3ccccc3)=C(OCCNC(=O)Cc3ccc([N+](=O)[O-])cc3)C(=[N+]=[N-])S(=O)[C@H]12. The Bertz CT molecular complexity index is 2070. The third-order valence-corrected chi connectivity index (χ3v) is 9.71. The quantitative estimate of drug-likeness (QED) is 0.0445. The van der Waals surface area contributed by atoms with Gasteiger partial charge in [-0.1, -0.05) is 42.5 Å². The highest BCUT2D eigenvalue weighted by atomic mass is 32.2. The summed E-state index contributed by atoms with van der Waals surface area (Å²) in [7, 11) is -2.35. The number of benzene rings is 3. The highest BCUT2D eigenvalue weighted by Gasteiger charge is 2.64. The van der Waals surface area contributed by atoms with Crippen molar-refractivity contribution in [2.24, 2.45) is 5.92 Å². The maximum Gasteiger partial charge on any atom is 0.508 e. The molecule has 4 atom stereocenters. The van der Waals surface area contributed by atoms with Gasteiger partial charge in [-0.05, 0) is 35.7 Å². The van der Waals surface area contributed by atoms with Crippen molar-refractivity contribution in [1.82, 2.24) is 10.2 Å². The van der Waals surface area contributed by atoms with Crippen molar-refractivity contribution in [3.63, 3.8) is 0 Å². The Morgan fingerprint density at radius 2 is 1.48 bits per heavy atom. The van der Waals surface area contributed by atoms with Crippen molar-refractivity contribution in [2.45, 2.75) is 38.0 Å². The van der Waals surface area contributed by atoms with Crippen LogP contribution in [-0.2, 0) is 63.8 Å². The van der Waals surface area contributed by atoms with Crippen molar-refractivity contribution in [3.8, 4) is 0 Å². The zero-order chi connectivity index (χ0) is 38.9. The summed E-state index contributed by atoms with van der Waals surface area (Å²) < 4.78 is 35.3. The number of nitrogens with zero attached hydrogens (tertiary/aromatic N) is 5. The lowest BCUT2D eigenvalue weighted by Crippen LogP contribution is -2.69. The molecule has 2 heterocycles. The average Bonchev–Trinajstić information content (AvgIpc) is 3.15. The van der Waals surface area contributed by atoms with E-state index >= 15 is 0 Å². The first-order valence-electron chi connectivity index (χ1n) is 16.0. The standard InChI is InChI=1S/C34H30N6O13S/c1-20(53-34(44)52-19-23-9-13-25(14-10-23)40(47)48)27-31(42)38-28(33(43)51-18-22-5-3-2-4-6-22)29(30(37-35)54(49)32(27)38)50-16-15-36-26(41)17-21-7-11-24(12-8-21)39(45)46/h2-14,20,27,32H,15-19H2,1H3,(H,36,41)/t20?,27-,32+,54?/m0/s1. The molecule has 5 rings (SSSR count). The summed E-state index contributed by atoms with van der Waals surface area (Å²) in [4.78, 5) is 76.8. The number of nitro benzene ring substituents is 2. The van der Waals surface area contributed by atoms with Gasteiger partial charge in [0.25, 0.3) is 17.1 Å². The molecule has 280 valence electrons. The van der Waals surface area contributed by atoms with Crippen LogP contribution in [0.15, 0.2) is 90.3 Å². The molecule has 54 heavy (non-hydrogen) atoms. The number of fused-ring (bicyclic) bond motifs is 1. The summed E-state index contributed by atoms with van der Waals surface area (Å²) in [6.45, 7) is 0.259. The summed E-state index contributed by atoms with van der Waals surface area (Å²) in [5.74, 6) is -4.22. The lowest BCUT2D eigenvalue weighted by atomic mass is 9.91. The second-order valence-electron chi connectivity index (χ2n) is 11.7. The predicted octanol–water partition coefficient (Wildman–Crippen LogP) is 3.05. The van der Waals surface area contributed by atoms with E-state index in [2.05, 4.69) is 10.1 Å². The number of ether oxygens (including phenoxy) is 4. The minimum absolute atomic E-state index is 0.124. The molecule has 0 bridgehead atoms. The first-order valence-corrected chi connectivity index (χ1v) is 17.2. The van der Waals surface area contributed by atoms with E-state index in [0.29, 0.717) is 16.7 Å². The zero-order valence-electron chi connectivity index (χ0n) is 28.2. The minimum Gasteiger partial charge on any atom is -0.482 e. The topological polar surface area (TPSA) is 260 Å². The molecule has 0 aromatic heterocycles. The first kappa shape index (κ1) is 38.4. The number of amides is 2. The van der Waals surface area contributed by atoms with Crippen LogP contribution in [0.2, 0.25) is 0 Å². The summed E-state index contributed by atoms with van der Waals surface area (Å²) in [5, 5.41) is 22.3. The van der Waals surface area contributed by atoms with Gasteiger partial charge in [0.2, 0.25) is 11.8 Å². The van der Waals surface area contributed by atoms with Crippen LogP contribution < -0.4 is 5.32 Å². The summed E-state index contributed by atoms with van der Waals surface area (Å²) in [6.07, 6.45) is -2.59. The number of esters is 1. The molecular formula is C34H30N6O13S. The number of nitro groups is 2. The van der Waals surface area contributed by atoms with Crippen LogP contribution in [0.1, 0.15) is 23.6 Å².